The highest BCUT2D eigenvalue weighted by molar-refractivity contribution is 5.79. The van der Waals surface area contributed by atoms with Crippen LogP contribution in [0.1, 0.15) is 26.0 Å². The minimum Gasteiger partial charge on any atom is -0.397 e. The summed E-state index contributed by atoms with van der Waals surface area (Å²) in [5.41, 5.74) is 7.16. The van der Waals surface area contributed by atoms with E-state index in [4.69, 9.17) is 5.73 Å². The normalized spacial score (nSPS) is 21.5. The highest BCUT2D eigenvalue weighted by Gasteiger charge is 2.46. The molecule has 1 aliphatic carbocycles. The van der Waals surface area contributed by atoms with Gasteiger partial charge in [-0.3, -0.25) is 9.78 Å². The Labute approximate surface area is 95.3 Å². The van der Waals surface area contributed by atoms with Crippen LogP contribution in [-0.2, 0) is 11.2 Å². The van der Waals surface area contributed by atoms with Gasteiger partial charge in [-0.25, -0.2) is 0 Å². The first kappa shape index (κ1) is 10.9. The number of rotatable bonds is 3. The molecule has 0 aliphatic heterocycles. The first-order valence-electron chi connectivity index (χ1n) is 5.47. The second-order valence-corrected chi connectivity index (χ2v) is 5.07. The van der Waals surface area contributed by atoms with Gasteiger partial charge in [0.2, 0.25) is 5.91 Å². The van der Waals surface area contributed by atoms with Gasteiger partial charge in [-0.1, -0.05) is 13.8 Å². The van der Waals surface area contributed by atoms with Crippen molar-refractivity contribution in [3.63, 3.8) is 0 Å². The summed E-state index contributed by atoms with van der Waals surface area (Å²) in [7, 11) is 0. The molecular formula is C12H17N3O. The van der Waals surface area contributed by atoms with Gasteiger partial charge in [0, 0.05) is 11.7 Å². The summed E-state index contributed by atoms with van der Waals surface area (Å²) in [6.45, 7) is 4.30. The molecule has 1 heterocycles. The summed E-state index contributed by atoms with van der Waals surface area (Å²) in [5, 5.41) is 3.00. The molecule has 0 spiro atoms. The molecule has 4 heteroatoms. The molecule has 1 atom stereocenters. The predicted octanol–water partition coefficient (Wildman–Crippen LogP) is 1.12. The van der Waals surface area contributed by atoms with Crippen LogP contribution in [0.2, 0.25) is 0 Å². The summed E-state index contributed by atoms with van der Waals surface area (Å²) in [5.74, 6) is 0.0350. The molecule has 0 saturated heterocycles. The summed E-state index contributed by atoms with van der Waals surface area (Å²) < 4.78 is 0. The van der Waals surface area contributed by atoms with E-state index < -0.39 is 0 Å². The third kappa shape index (κ3) is 2.51. The molecule has 1 unspecified atom stereocenters. The van der Waals surface area contributed by atoms with Crippen LogP contribution in [0.25, 0.3) is 0 Å². The van der Waals surface area contributed by atoms with Crippen molar-refractivity contribution in [2.75, 3.05) is 5.73 Å². The number of nitrogen functional groups attached to an aromatic ring is 1. The first-order chi connectivity index (χ1) is 7.47. The standard InChI is InChI=1S/C12H17N3O/c1-12(2)6-10(12)15-11(16)5-9-4-3-8(13)7-14-9/h3-4,7,10H,5-6,13H2,1-2H3,(H,15,16). The predicted molar refractivity (Wildman–Crippen MR) is 62.7 cm³/mol. The highest BCUT2D eigenvalue weighted by atomic mass is 16.1. The number of pyridine rings is 1. The molecule has 4 nitrogen and oxygen atoms in total. The van der Waals surface area contributed by atoms with Gasteiger partial charge in [0.25, 0.3) is 0 Å². The molecule has 0 bridgehead atoms. The molecule has 1 amide bonds. The number of hydrogen-bond donors (Lipinski definition) is 2. The lowest BCUT2D eigenvalue weighted by molar-refractivity contribution is -0.120. The molecule has 1 aromatic heterocycles. The molecule has 86 valence electrons. The van der Waals surface area contributed by atoms with Crippen LogP contribution < -0.4 is 11.1 Å². The maximum Gasteiger partial charge on any atom is 0.226 e. The summed E-state index contributed by atoms with van der Waals surface area (Å²) in [4.78, 5) is 15.7. The molecule has 0 radical (unpaired) electrons. The van der Waals surface area contributed by atoms with Crippen molar-refractivity contribution < 1.29 is 4.79 Å². The largest absolute Gasteiger partial charge is 0.397 e. The van der Waals surface area contributed by atoms with Gasteiger partial charge in [0.1, 0.15) is 0 Å². The third-order valence-corrected chi connectivity index (χ3v) is 3.04. The van der Waals surface area contributed by atoms with Crippen LogP contribution in [0.5, 0.6) is 0 Å². The number of aromatic nitrogens is 1. The number of carbonyl (C=O) groups excluding carboxylic acids is 1. The van der Waals surface area contributed by atoms with E-state index in [0.717, 1.165) is 12.1 Å². The van der Waals surface area contributed by atoms with Crippen molar-refractivity contribution in [2.45, 2.75) is 32.7 Å². The Balaban J connectivity index is 1.86. The van der Waals surface area contributed by atoms with E-state index in [1.54, 1.807) is 18.3 Å². The smallest absolute Gasteiger partial charge is 0.226 e. The van der Waals surface area contributed by atoms with Gasteiger partial charge in [-0.05, 0) is 24.0 Å². The Morgan fingerprint density at radius 2 is 2.31 bits per heavy atom. The Hall–Kier alpha value is -1.58. The average molecular weight is 219 g/mol. The second kappa shape index (κ2) is 3.77. The maximum atomic E-state index is 11.7. The van der Waals surface area contributed by atoms with Crippen molar-refractivity contribution in [3.05, 3.63) is 24.0 Å². The van der Waals surface area contributed by atoms with Crippen molar-refractivity contribution in [3.8, 4) is 0 Å². The van der Waals surface area contributed by atoms with Crippen LogP contribution in [-0.4, -0.2) is 16.9 Å². The van der Waals surface area contributed by atoms with Crippen molar-refractivity contribution in [1.82, 2.24) is 10.3 Å². The van der Waals surface area contributed by atoms with Crippen molar-refractivity contribution in [2.24, 2.45) is 5.41 Å². The van der Waals surface area contributed by atoms with E-state index in [1.165, 1.54) is 0 Å². The molecule has 1 aromatic rings. The third-order valence-electron chi connectivity index (χ3n) is 3.04. The molecule has 3 N–H and O–H groups in total. The number of hydrogen-bond acceptors (Lipinski definition) is 3. The topological polar surface area (TPSA) is 68.0 Å². The number of nitrogens with one attached hydrogen (secondary N) is 1. The van der Waals surface area contributed by atoms with Crippen LogP contribution in [0.15, 0.2) is 18.3 Å². The first-order valence-corrected chi connectivity index (χ1v) is 5.47. The summed E-state index contributed by atoms with van der Waals surface area (Å²) in [6, 6.07) is 3.87. The molecular weight excluding hydrogens is 202 g/mol. The average Bonchev–Trinajstić information content (AvgIpc) is 2.77. The van der Waals surface area contributed by atoms with Gasteiger partial charge in [0.05, 0.1) is 18.3 Å². The van der Waals surface area contributed by atoms with E-state index in [2.05, 4.69) is 24.1 Å². The van der Waals surface area contributed by atoms with Crippen LogP contribution in [0.3, 0.4) is 0 Å². The molecule has 1 saturated carbocycles. The Bertz CT molecular complexity index is 397. The lowest BCUT2D eigenvalue weighted by Crippen LogP contribution is -2.29. The molecule has 0 aromatic carbocycles. The number of nitrogens with two attached hydrogens (primary N) is 1. The zero-order chi connectivity index (χ0) is 11.8. The second-order valence-electron chi connectivity index (χ2n) is 5.07. The van der Waals surface area contributed by atoms with E-state index in [9.17, 15) is 4.79 Å². The molecule has 2 rings (SSSR count). The number of amides is 1. The van der Waals surface area contributed by atoms with E-state index in [-0.39, 0.29) is 11.3 Å². The fraction of sp³-hybridized carbons (Fsp3) is 0.500. The highest BCUT2D eigenvalue weighted by Crippen LogP contribution is 2.44. The van der Waals surface area contributed by atoms with Crippen molar-refractivity contribution in [1.29, 1.82) is 0 Å². The minimum atomic E-state index is 0.0350. The Morgan fingerprint density at radius 3 is 2.81 bits per heavy atom. The Kier molecular flexibility index (Phi) is 2.58. The zero-order valence-corrected chi connectivity index (χ0v) is 9.66. The quantitative estimate of drug-likeness (QED) is 0.800. The van der Waals surface area contributed by atoms with Gasteiger partial charge in [-0.2, -0.15) is 0 Å². The lowest BCUT2D eigenvalue weighted by Gasteiger charge is -2.06. The van der Waals surface area contributed by atoms with E-state index in [1.807, 2.05) is 0 Å². The van der Waals surface area contributed by atoms with E-state index >= 15 is 0 Å². The van der Waals surface area contributed by atoms with Gasteiger partial charge >= 0.3 is 0 Å². The van der Waals surface area contributed by atoms with Crippen molar-refractivity contribution >= 4 is 11.6 Å². The van der Waals surface area contributed by atoms with Crippen LogP contribution >= 0.6 is 0 Å². The van der Waals surface area contributed by atoms with Gasteiger partial charge < -0.3 is 11.1 Å². The molecule has 1 aliphatic rings. The maximum absolute atomic E-state index is 11.7. The van der Waals surface area contributed by atoms with Crippen LogP contribution in [0.4, 0.5) is 5.69 Å². The number of nitrogens with zero attached hydrogens (tertiary/aromatic N) is 1. The van der Waals surface area contributed by atoms with Crippen LogP contribution in [0, 0.1) is 5.41 Å². The molecule has 1 fully saturated rings. The van der Waals surface area contributed by atoms with Gasteiger partial charge in [0.15, 0.2) is 0 Å². The summed E-state index contributed by atoms with van der Waals surface area (Å²) >= 11 is 0. The fourth-order valence-electron chi connectivity index (χ4n) is 1.66. The number of anilines is 1. The SMILES string of the molecule is CC1(C)CC1NC(=O)Cc1ccc(N)cn1. The monoisotopic (exact) mass is 219 g/mol. The summed E-state index contributed by atoms with van der Waals surface area (Å²) in [6.07, 6.45) is 2.96. The fourth-order valence-corrected chi connectivity index (χ4v) is 1.66. The minimum absolute atomic E-state index is 0.0350. The molecule has 16 heavy (non-hydrogen) atoms. The lowest BCUT2D eigenvalue weighted by atomic mass is 10.2. The van der Waals surface area contributed by atoms with Gasteiger partial charge in [-0.15, -0.1) is 0 Å². The van der Waals surface area contributed by atoms with E-state index in [0.29, 0.717) is 18.2 Å². The number of carbonyl (C=O) groups is 1. The Morgan fingerprint density at radius 1 is 1.62 bits per heavy atom. The zero-order valence-electron chi connectivity index (χ0n) is 9.66.